The maximum Gasteiger partial charge on any atom is 0.249 e. The predicted molar refractivity (Wildman–Crippen MR) is 58.5 cm³/mol. The second-order valence-electron chi connectivity index (χ2n) is 5.42. The molecule has 2 aliphatic rings. The molecule has 2 fully saturated rings. The maximum absolute atomic E-state index is 12.9. The van der Waals surface area contributed by atoms with Crippen LogP contribution in [0.15, 0.2) is 0 Å². The molecule has 0 aromatic rings. The van der Waals surface area contributed by atoms with Gasteiger partial charge in [0.2, 0.25) is 5.92 Å². The molecule has 7 heteroatoms. The molecule has 1 N–H and O–H groups in total. The van der Waals surface area contributed by atoms with Gasteiger partial charge in [0.15, 0.2) is 9.84 Å². The van der Waals surface area contributed by atoms with Gasteiger partial charge in [0.25, 0.3) is 0 Å². The minimum Gasteiger partial charge on any atom is -0.378 e. The number of alkyl halides is 2. The summed E-state index contributed by atoms with van der Waals surface area (Å²) >= 11 is 0. The van der Waals surface area contributed by atoms with Gasteiger partial charge in [-0.3, -0.25) is 4.90 Å². The molecule has 1 atom stereocenters. The van der Waals surface area contributed by atoms with E-state index in [1.807, 2.05) is 0 Å². The summed E-state index contributed by atoms with van der Waals surface area (Å²) < 4.78 is 48.2. The van der Waals surface area contributed by atoms with Crippen molar-refractivity contribution in [2.75, 3.05) is 24.6 Å². The number of aliphatic hydroxyl groups is 1. The molecule has 1 aliphatic carbocycles. The van der Waals surface area contributed by atoms with Crippen molar-refractivity contribution in [1.29, 1.82) is 0 Å². The summed E-state index contributed by atoms with van der Waals surface area (Å²) in [6.07, 6.45) is -1.63. The zero-order valence-electron chi connectivity index (χ0n) is 9.70. The first-order valence-electron chi connectivity index (χ1n) is 5.64. The summed E-state index contributed by atoms with van der Waals surface area (Å²) in [7, 11) is -3.01. The molecule has 0 aromatic carbocycles. The number of hydrogen-bond acceptors (Lipinski definition) is 4. The summed E-state index contributed by atoms with van der Waals surface area (Å²) in [6.45, 7) is 2.08. The Hall–Kier alpha value is -0.270. The van der Waals surface area contributed by atoms with Crippen LogP contribution in [-0.2, 0) is 9.84 Å². The highest BCUT2D eigenvalue weighted by atomic mass is 32.2. The van der Waals surface area contributed by atoms with Crippen LogP contribution in [0.2, 0.25) is 0 Å². The lowest BCUT2D eigenvalue weighted by molar-refractivity contribution is -0.223. The first-order chi connectivity index (χ1) is 7.64. The number of halogens is 2. The second-order valence-corrected chi connectivity index (χ2v) is 7.73. The monoisotopic (exact) mass is 269 g/mol. The summed E-state index contributed by atoms with van der Waals surface area (Å²) in [4.78, 5) is 1.59. The van der Waals surface area contributed by atoms with Gasteiger partial charge in [0.1, 0.15) is 6.23 Å². The Morgan fingerprint density at radius 3 is 2.12 bits per heavy atom. The van der Waals surface area contributed by atoms with E-state index in [0.717, 1.165) is 0 Å². The van der Waals surface area contributed by atoms with Gasteiger partial charge >= 0.3 is 0 Å². The summed E-state index contributed by atoms with van der Waals surface area (Å²) in [6, 6.07) is 0. The van der Waals surface area contributed by atoms with Crippen LogP contribution in [0.1, 0.15) is 19.8 Å². The smallest absolute Gasteiger partial charge is 0.249 e. The van der Waals surface area contributed by atoms with Gasteiger partial charge in [-0.05, 0) is 0 Å². The first kappa shape index (κ1) is 13.2. The maximum atomic E-state index is 12.9. The minimum atomic E-state index is -3.01. The number of sulfone groups is 1. The lowest BCUT2D eigenvalue weighted by atomic mass is 9.66. The molecular formula is C10H17F2NO3S. The Kier molecular flexibility index (Phi) is 2.99. The Labute approximate surface area is 99.5 Å². The molecule has 0 aromatic heterocycles. The fourth-order valence-corrected chi connectivity index (χ4v) is 3.95. The third-order valence-electron chi connectivity index (χ3n) is 3.67. The topological polar surface area (TPSA) is 57.6 Å². The van der Waals surface area contributed by atoms with Crippen molar-refractivity contribution in [3.8, 4) is 0 Å². The molecule has 0 radical (unpaired) electrons. The number of nitrogens with zero attached hydrogens (tertiary/aromatic N) is 1. The van der Waals surface area contributed by atoms with Crippen molar-refractivity contribution in [3.63, 3.8) is 0 Å². The van der Waals surface area contributed by atoms with E-state index in [1.54, 1.807) is 11.8 Å². The highest BCUT2D eigenvalue weighted by Gasteiger charge is 2.58. The van der Waals surface area contributed by atoms with Crippen molar-refractivity contribution >= 4 is 9.84 Å². The third kappa shape index (κ3) is 2.61. The Morgan fingerprint density at radius 1 is 1.24 bits per heavy atom. The molecule has 1 heterocycles. The quantitative estimate of drug-likeness (QED) is 0.792. The largest absolute Gasteiger partial charge is 0.378 e. The van der Waals surface area contributed by atoms with Gasteiger partial charge in [0, 0.05) is 31.3 Å². The SMILES string of the molecule is CC1(C(O)N2CCS(=O)(=O)CC2)CC(F)(F)C1. The Bertz CT molecular complexity index is 388. The highest BCUT2D eigenvalue weighted by molar-refractivity contribution is 7.91. The molecular weight excluding hydrogens is 252 g/mol. The zero-order valence-corrected chi connectivity index (χ0v) is 10.5. The first-order valence-corrected chi connectivity index (χ1v) is 7.46. The van der Waals surface area contributed by atoms with Crippen molar-refractivity contribution in [1.82, 2.24) is 4.90 Å². The number of hydrogen-bond donors (Lipinski definition) is 1. The van der Waals surface area contributed by atoms with Crippen molar-refractivity contribution < 1.29 is 22.3 Å². The molecule has 1 saturated heterocycles. The van der Waals surface area contributed by atoms with Gasteiger partial charge in [-0.2, -0.15) is 0 Å². The fourth-order valence-electron chi connectivity index (χ4n) is 2.72. The van der Waals surface area contributed by atoms with Crippen molar-refractivity contribution in [2.24, 2.45) is 5.41 Å². The predicted octanol–water partition coefficient (Wildman–Crippen LogP) is 0.471. The Balaban J connectivity index is 1.96. The van der Waals surface area contributed by atoms with Crippen LogP contribution in [0.5, 0.6) is 0 Å². The normalized spacial score (nSPS) is 32.7. The third-order valence-corrected chi connectivity index (χ3v) is 5.28. The highest BCUT2D eigenvalue weighted by Crippen LogP contribution is 2.54. The molecule has 0 amide bonds. The molecule has 1 aliphatic heterocycles. The fraction of sp³-hybridized carbons (Fsp3) is 1.00. The van der Waals surface area contributed by atoms with Crippen molar-refractivity contribution in [3.05, 3.63) is 0 Å². The average molecular weight is 269 g/mol. The molecule has 1 saturated carbocycles. The van der Waals surface area contributed by atoms with E-state index in [4.69, 9.17) is 0 Å². The van der Waals surface area contributed by atoms with E-state index in [9.17, 15) is 22.3 Å². The summed E-state index contributed by atoms with van der Waals surface area (Å²) in [5.74, 6) is -2.69. The standard InChI is InChI=1S/C10H17F2NO3S/c1-9(6-10(11,12)7-9)8(14)13-2-4-17(15,16)5-3-13/h8,14H,2-7H2,1H3. The van der Waals surface area contributed by atoms with Crippen LogP contribution in [0.4, 0.5) is 8.78 Å². The van der Waals surface area contributed by atoms with E-state index in [0.29, 0.717) is 0 Å². The van der Waals surface area contributed by atoms with Crippen molar-refractivity contribution in [2.45, 2.75) is 31.9 Å². The van der Waals surface area contributed by atoms with E-state index < -0.39 is 27.4 Å². The molecule has 100 valence electrons. The van der Waals surface area contributed by atoms with Crippen LogP contribution in [-0.4, -0.2) is 55.2 Å². The van der Waals surface area contributed by atoms with Crippen LogP contribution >= 0.6 is 0 Å². The molecule has 2 rings (SSSR count). The van der Waals surface area contributed by atoms with E-state index in [-0.39, 0.29) is 37.4 Å². The second kappa shape index (κ2) is 3.86. The molecule has 17 heavy (non-hydrogen) atoms. The van der Waals surface area contributed by atoms with Crippen LogP contribution in [0.3, 0.4) is 0 Å². The zero-order chi connectivity index (χ0) is 12.9. The summed E-state index contributed by atoms with van der Waals surface area (Å²) in [5, 5.41) is 10.1. The number of rotatable bonds is 2. The molecule has 0 bridgehead atoms. The molecule has 4 nitrogen and oxygen atoms in total. The van der Waals surface area contributed by atoms with Gasteiger partial charge in [-0.1, -0.05) is 6.92 Å². The number of aliphatic hydroxyl groups excluding tert-OH is 1. The van der Waals surface area contributed by atoms with Gasteiger partial charge < -0.3 is 5.11 Å². The Morgan fingerprint density at radius 2 is 1.71 bits per heavy atom. The lowest BCUT2D eigenvalue weighted by Gasteiger charge is -2.51. The lowest BCUT2D eigenvalue weighted by Crippen LogP contribution is -2.59. The van der Waals surface area contributed by atoms with Gasteiger partial charge in [-0.15, -0.1) is 0 Å². The molecule has 1 unspecified atom stereocenters. The van der Waals surface area contributed by atoms with Gasteiger partial charge in [-0.25, -0.2) is 17.2 Å². The molecule has 0 spiro atoms. The van der Waals surface area contributed by atoms with Crippen LogP contribution in [0.25, 0.3) is 0 Å². The van der Waals surface area contributed by atoms with Crippen LogP contribution in [0, 0.1) is 5.41 Å². The van der Waals surface area contributed by atoms with E-state index >= 15 is 0 Å². The van der Waals surface area contributed by atoms with E-state index in [1.165, 1.54) is 0 Å². The minimum absolute atomic E-state index is 0.00344. The average Bonchev–Trinajstić information content (AvgIpc) is 2.13. The van der Waals surface area contributed by atoms with Gasteiger partial charge in [0.05, 0.1) is 11.5 Å². The summed E-state index contributed by atoms with van der Waals surface area (Å²) in [5.41, 5.74) is -0.815. The van der Waals surface area contributed by atoms with E-state index in [2.05, 4.69) is 0 Å². The van der Waals surface area contributed by atoms with Crippen LogP contribution < -0.4 is 0 Å².